The van der Waals surface area contributed by atoms with Gasteiger partial charge in [0.25, 0.3) is 0 Å². The molecule has 27 heavy (non-hydrogen) atoms. The molecule has 0 bridgehead atoms. The maximum absolute atomic E-state index is 12.2. The Bertz CT molecular complexity index is 841. The summed E-state index contributed by atoms with van der Waals surface area (Å²) in [5.74, 6) is 0.781. The summed E-state index contributed by atoms with van der Waals surface area (Å²) in [4.78, 5) is 29.5. The monoisotopic (exact) mass is 368 g/mol. The van der Waals surface area contributed by atoms with Gasteiger partial charge in [-0.05, 0) is 29.8 Å². The van der Waals surface area contributed by atoms with Gasteiger partial charge in [-0.2, -0.15) is 0 Å². The zero-order valence-electron chi connectivity index (χ0n) is 15.3. The van der Waals surface area contributed by atoms with Crippen molar-refractivity contribution in [2.75, 3.05) is 26.2 Å². The number of benzene rings is 2. The fourth-order valence-corrected chi connectivity index (χ4v) is 3.19. The SMILES string of the molecule is COc1cc(C2C(C(=O)C=O)N=CN2c2ccccc2)cc(OC)c1OC. The lowest BCUT2D eigenvalue weighted by atomic mass is 9.95. The molecule has 7 heteroatoms. The van der Waals surface area contributed by atoms with E-state index in [1.165, 1.54) is 21.3 Å². The van der Waals surface area contributed by atoms with E-state index in [0.717, 1.165) is 5.69 Å². The first-order valence-corrected chi connectivity index (χ1v) is 8.30. The first-order chi connectivity index (χ1) is 13.1. The molecule has 0 saturated heterocycles. The molecule has 0 amide bonds. The summed E-state index contributed by atoms with van der Waals surface area (Å²) in [5.41, 5.74) is 1.56. The Morgan fingerprint density at radius 2 is 1.67 bits per heavy atom. The largest absolute Gasteiger partial charge is 0.493 e. The van der Waals surface area contributed by atoms with Crippen molar-refractivity contribution in [2.45, 2.75) is 12.1 Å². The van der Waals surface area contributed by atoms with E-state index < -0.39 is 17.9 Å². The van der Waals surface area contributed by atoms with Crippen LogP contribution >= 0.6 is 0 Å². The van der Waals surface area contributed by atoms with Gasteiger partial charge in [0.1, 0.15) is 6.04 Å². The fraction of sp³-hybridized carbons (Fsp3) is 0.250. The zero-order valence-corrected chi connectivity index (χ0v) is 15.3. The molecule has 2 unspecified atom stereocenters. The van der Waals surface area contributed by atoms with Gasteiger partial charge in [-0.25, -0.2) is 0 Å². The van der Waals surface area contributed by atoms with Crippen LogP contribution in [0.25, 0.3) is 0 Å². The number of hydrogen-bond acceptors (Lipinski definition) is 7. The Morgan fingerprint density at radius 1 is 1.04 bits per heavy atom. The Hall–Kier alpha value is -3.35. The van der Waals surface area contributed by atoms with Gasteiger partial charge in [0, 0.05) is 5.69 Å². The number of ether oxygens (including phenoxy) is 3. The highest BCUT2D eigenvalue weighted by Crippen LogP contribution is 2.43. The van der Waals surface area contributed by atoms with E-state index in [0.29, 0.717) is 29.1 Å². The Balaban J connectivity index is 2.14. The molecule has 0 N–H and O–H groups in total. The fourth-order valence-electron chi connectivity index (χ4n) is 3.19. The smallest absolute Gasteiger partial charge is 0.222 e. The first-order valence-electron chi connectivity index (χ1n) is 8.30. The van der Waals surface area contributed by atoms with Crippen molar-refractivity contribution < 1.29 is 23.8 Å². The van der Waals surface area contributed by atoms with Crippen molar-refractivity contribution >= 4 is 24.1 Å². The molecule has 0 saturated carbocycles. The van der Waals surface area contributed by atoms with Crippen LogP contribution in [0.4, 0.5) is 5.69 Å². The van der Waals surface area contributed by atoms with Crippen LogP contribution in [0.2, 0.25) is 0 Å². The van der Waals surface area contributed by atoms with Crippen molar-refractivity contribution in [1.82, 2.24) is 0 Å². The lowest BCUT2D eigenvalue weighted by Crippen LogP contribution is -2.33. The highest BCUT2D eigenvalue weighted by atomic mass is 16.5. The number of methoxy groups -OCH3 is 3. The molecule has 3 rings (SSSR count). The molecular weight excluding hydrogens is 348 g/mol. The van der Waals surface area contributed by atoms with Crippen LogP contribution in [0.3, 0.4) is 0 Å². The summed E-state index contributed by atoms with van der Waals surface area (Å²) in [6.07, 6.45) is 1.89. The number of carbonyl (C=O) groups is 2. The van der Waals surface area contributed by atoms with E-state index in [4.69, 9.17) is 14.2 Å². The van der Waals surface area contributed by atoms with E-state index in [1.54, 1.807) is 18.5 Å². The number of Topliss-reactive ketones (excluding diaryl/α,β-unsaturated/α-hetero) is 1. The molecule has 0 spiro atoms. The number of rotatable bonds is 7. The van der Waals surface area contributed by atoms with Gasteiger partial charge in [-0.15, -0.1) is 0 Å². The van der Waals surface area contributed by atoms with Crippen LogP contribution in [0, 0.1) is 0 Å². The van der Waals surface area contributed by atoms with Crippen LogP contribution in [0.5, 0.6) is 17.2 Å². The number of carbonyl (C=O) groups excluding carboxylic acids is 2. The van der Waals surface area contributed by atoms with Crippen molar-refractivity contribution in [3.05, 3.63) is 48.0 Å². The zero-order chi connectivity index (χ0) is 19.4. The Morgan fingerprint density at radius 3 is 2.19 bits per heavy atom. The average molecular weight is 368 g/mol. The molecule has 1 aliphatic rings. The third kappa shape index (κ3) is 3.36. The summed E-state index contributed by atoms with van der Waals surface area (Å²) >= 11 is 0. The predicted molar refractivity (Wildman–Crippen MR) is 101 cm³/mol. The molecule has 7 nitrogen and oxygen atoms in total. The number of ketones is 1. The van der Waals surface area contributed by atoms with Gasteiger partial charge >= 0.3 is 0 Å². The minimum Gasteiger partial charge on any atom is -0.493 e. The van der Waals surface area contributed by atoms with Crippen molar-refractivity contribution in [2.24, 2.45) is 4.99 Å². The molecule has 0 aliphatic carbocycles. The summed E-state index contributed by atoms with van der Waals surface area (Å²) in [6, 6.07) is 11.7. The van der Waals surface area contributed by atoms with Gasteiger partial charge in [0.05, 0.1) is 33.7 Å². The van der Waals surface area contributed by atoms with Crippen LogP contribution in [-0.2, 0) is 9.59 Å². The second kappa shape index (κ2) is 7.90. The van der Waals surface area contributed by atoms with Gasteiger partial charge < -0.3 is 19.1 Å². The summed E-state index contributed by atoms with van der Waals surface area (Å²) in [5, 5.41) is 0. The van der Waals surface area contributed by atoms with E-state index >= 15 is 0 Å². The molecule has 2 aromatic carbocycles. The first kappa shape index (κ1) is 18.4. The number of anilines is 1. The number of aldehydes is 1. The van der Waals surface area contributed by atoms with E-state index in [-0.39, 0.29) is 0 Å². The standard InChI is InChI=1S/C20H20N2O5/c1-25-16-9-13(10-17(26-2)20(16)27-3)19-18(15(24)11-23)21-12-22(19)14-7-5-4-6-8-14/h4-12,18-19H,1-3H3. The molecule has 1 aliphatic heterocycles. The van der Waals surface area contributed by atoms with Gasteiger partial charge in [0.15, 0.2) is 17.8 Å². The molecule has 0 fully saturated rings. The van der Waals surface area contributed by atoms with E-state index in [1.807, 2.05) is 35.2 Å². The predicted octanol–water partition coefficient (Wildman–Crippen LogP) is 2.44. The van der Waals surface area contributed by atoms with Crippen molar-refractivity contribution in [1.29, 1.82) is 0 Å². The second-order valence-corrected chi connectivity index (χ2v) is 5.88. The van der Waals surface area contributed by atoms with E-state index in [9.17, 15) is 9.59 Å². The van der Waals surface area contributed by atoms with Crippen LogP contribution in [0.15, 0.2) is 47.5 Å². The highest BCUT2D eigenvalue weighted by molar-refractivity contribution is 6.28. The average Bonchev–Trinajstić information content (AvgIpc) is 3.17. The molecule has 1 heterocycles. The Labute approximate surface area is 157 Å². The second-order valence-electron chi connectivity index (χ2n) is 5.88. The van der Waals surface area contributed by atoms with Crippen LogP contribution < -0.4 is 19.1 Å². The molecule has 0 radical (unpaired) electrons. The van der Waals surface area contributed by atoms with Gasteiger partial charge in [-0.3, -0.25) is 14.6 Å². The maximum atomic E-state index is 12.2. The lowest BCUT2D eigenvalue weighted by molar-refractivity contribution is -0.130. The third-order valence-corrected chi connectivity index (χ3v) is 4.44. The van der Waals surface area contributed by atoms with Gasteiger partial charge in [-0.1, -0.05) is 18.2 Å². The van der Waals surface area contributed by atoms with Crippen LogP contribution in [-0.4, -0.2) is 45.8 Å². The minimum absolute atomic E-state index is 0.307. The van der Waals surface area contributed by atoms with Crippen molar-refractivity contribution in [3.8, 4) is 17.2 Å². The molecule has 0 aromatic heterocycles. The number of para-hydroxylation sites is 1. The van der Waals surface area contributed by atoms with E-state index in [2.05, 4.69) is 4.99 Å². The number of hydrogen-bond donors (Lipinski definition) is 0. The number of nitrogens with zero attached hydrogens (tertiary/aromatic N) is 2. The minimum atomic E-state index is -0.856. The number of aliphatic imine (C=N–C) groups is 1. The summed E-state index contributed by atoms with van der Waals surface area (Å²) in [6.45, 7) is 0. The molecule has 2 atom stereocenters. The molecule has 140 valence electrons. The summed E-state index contributed by atoms with van der Waals surface area (Å²) in [7, 11) is 4.57. The Kier molecular flexibility index (Phi) is 5.40. The van der Waals surface area contributed by atoms with Crippen molar-refractivity contribution in [3.63, 3.8) is 0 Å². The maximum Gasteiger partial charge on any atom is 0.222 e. The van der Waals surface area contributed by atoms with Crippen LogP contribution in [0.1, 0.15) is 11.6 Å². The summed E-state index contributed by atoms with van der Waals surface area (Å²) < 4.78 is 16.2. The van der Waals surface area contributed by atoms with Gasteiger partial charge in [0.2, 0.25) is 11.5 Å². The highest BCUT2D eigenvalue weighted by Gasteiger charge is 2.38. The molecular formula is C20H20N2O5. The normalized spacial score (nSPS) is 18.3. The molecule has 2 aromatic rings. The lowest BCUT2D eigenvalue weighted by Gasteiger charge is -2.28. The third-order valence-electron chi connectivity index (χ3n) is 4.44. The quantitative estimate of drug-likeness (QED) is 0.552. The topological polar surface area (TPSA) is 77.4 Å².